The summed E-state index contributed by atoms with van der Waals surface area (Å²) in [5.41, 5.74) is 4.25. The summed E-state index contributed by atoms with van der Waals surface area (Å²) in [4.78, 5) is 0. The molecule has 1 aromatic carbocycles. The lowest BCUT2D eigenvalue weighted by Crippen LogP contribution is -2.06. The summed E-state index contributed by atoms with van der Waals surface area (Å²) in [6.45, 7) is 8.81. The first-order valence-electron chi connectivity index (χ1n) is 7.38. The van der Waals surface area contributed by atoms with Crippen molar-refractivity contribution in [2.24, 2.45) is 11.8 Å². The van der Waals surface area contributed by atoms with Gasteiger partial charge in [0.15, 0.2) is 0 Å². The van der Waals surface area contributed by atoms with Gasteiger partial charge in [0.2, 0.25) is 0 Å². The molecule has 0 aromatic heterocycles. The molecule has 0 heterocycles. The fraction of sp³-hybridized carbons (Fsp3) is 0.556. The molecular weight excluding hydrogens is 216 g/mol. The van der Waals surface area contributed by atoms with Gasteiger partial charge in [-0.15, -0.1) is 0 Å². The maximum absolute atomic E-state index is 4.33. The molecule has 0 nitrogen and oxygen atoms in total. The molecule has 0 aliphatic heterocycles. The Morgan fingerprint density at radius 3 is 2.44 bits per heavy atom. The van der Waals surface area contributed by atoms with Crippen molar-refractivity contribution >= 4 is 0 Å². The Kier molecular flexibility index (Phi) is 4.63. The van der Waals surface area contributed by atoms with E-state index in [2.05, 4.69) is 44.7 Å². The number of rotatable bonds is 5. The third-order valence-electron chi connectivity index (χ3n) is 4.39. The first kappa shape index (κ1) is 13.4. The maximum atomic E-state index is 4.33. The van der Waals surface area contributed by atoms with Gasteiger partial charge in [0.1, 0.15) is 0 Å². The van der Waals surface area contributed by atoms with E-state index < -0.39 is 0 Å². The number of hydrogen-bond donors (Lipinski definition) is 0. The van der Waals surface area contributed by atoms with Crippen LogP contribution in [0.4, 0.5) is 0 Å². The lowest BCUT2D eigenvalue weighted by molar-refractivity contribution is 0.504. The lowest BCUT2D eigenvalue weighted by atomic mass is 9.87. The smallest absolute Gasteiger partial charge is 0.0194 e. The summed E-state index contributed by atoms with van der Waals surface area (Å²) < 4.78 is 0. The molecule has 0 N–H and O–H groups in total. The monoisotopic (exact) mass is 242 g/mol. The van der Waals surface area contributed by atoms with Crippen LogP contribution in [0.5, 0.6) is 0 Å². The fourth-order valence-corrected chi connectivity index (χ4v) is 3.01. The maximum Gasteiger partial charge on any atom is -0.0194 e. The molecule has 18 heavy (non-hydrogen) atoms. The Morgan fingerprint density at radius 2 is 1.83 bits per heavy atom. The molecule has 0 amide bonds. The highest BCUT2D eigenvalue weighted by Crippen LogP contribution is 2.32. The molecule has 1 fully saturated rings. The van der Waals surface area contributed by atoms with Crippen LogP contribution in [0.15, 0.2) is 36.4 Å². The van der Waals surface area contributed by atoms with E-state index in [0.29, 0.717) is 5.92 Å². The zero-order valence-electron chi connectivity index (χ0n) is 11.9. The first-order chi connectivity index (χ1) is 8.65. The zero-order valence-corrected chi connectivity index (χ0v) is 11.9. The standard InChI is InChI=1S/C18H26/c1-14-8-10-18(11-9-14)13-16(3)15(2)12-17-6-4-5-7-17/h8-11,16-17H,2,4-7,12-13H2,1,3H3. The first-order valence-corrected chi connectivity index (χ1v) is 7.38. The van der Waals surface area contributed by atoms with Crippen LogP contribution in [-0.4, -0.2) is 0 Å². The molecular formula is C18H26. The van der Waals surface area contributed by atoms with E-state index in [0.717, 1.165) is 12.3 Å². The van der Waals surface area contributed by atoms with Crippen molar-refractivity contribution in [1.82, 2.24) is 0 Å². The van der Waals surface area contributed by atoms with Gasteiger partial charge in [-0.2, -0.15) is 0 Å². The number of aryl methyl sites for hydroxylation is 1. The molecule has 1 aliphatic carbocycles. The molecule has 0 radical (unpaired) electrons. The number of allylic oxidation sites excluding steroid dienone is 1. The van der Waals surface area contributed by atoms with Gasteiger partial charge in [0, 0.05) is 0 Å². The van der Waals surface area contributed by atoms with E-state index in [4.69, 9.17) is 0 Å². The Labute approximate surface area is 112 Å². The van der Waals surface area contributed by atoms with Gasteiger partial charge in [0.05, 0.1) is 0 Å². The normalized spacial score (nSPS) is 17.9. The predicted molar refractivity (Wildman–Crippen MR) is 79.8 cm³/mol. The molecule has 98 valence electrons. The molecule has 1 unspecified atom stereocenters. The van der Waals surface area contributed by atoms with Gasteiger partial charge in [-0.1, -0.05) is 74.6 Å². The fourth-order valence-electron chi connectivity index (χ4n) is 3.01. The van der Waals surface area contributed by atoms with E-state index in [-0.39, 0.29) is 0 Å². The summed E-state index contributed by atoms with van der Waals surface area (Å²) in [6.07, 6.45) is 8.12. The van der Waals surface area contributed by atoms with Crippen molar-refractivity contribution in [2.45, 2.75) is 52.4 Å². The molecule has 0 saturated heterocycles. The molecule has 1 saturated carbocycles. The van der Waals surface area contributed by atoms with Crippen LogP contribution in [0.25, 0.3) is 0 Å². The number of benzene rings is 1. The van der Waals surface area contributed by atoms with Crippen LogP contribution < -0.4 is 0 Å². The van der Waals surface area contributed by atoms with E-state index in [1.165, 1.54) is 48.8 Å². The minimum Gasteiger partial charge on any atom is -0.0996 e. The minimum atomic E-state index is 0.619. The summed E-state index contributed by atoms with van der Waals surface area (Å²) >= 11 is 0. The SMILES string of the molecule is C=C(CC1CCCC1)C(C)Cc1ccc(C)cc1. The molecule has 1 atom stereocenters. The van der Waals surface area contributed by atoms with E-state index >= 15 is 0 Å². The predicted octanol–water partition coefficient (Wildman–Crippen LogP) is 5.31. The molecule has 1 aromatic rings. The highest BCUT2D eigenvalue weighted by molar-refractivity contribution is 5.22. The van der Waals surface area contributed by atoms with E-state index in [9.17, 15) is 0 Å². The Morgan fingerprint density at radius 1 is 1.22 bits per heavy atom. The Bertz CT molecular complexity index is 379. The van der Waals surface area contributed by atoms with Crippen LogP contribution >= 0.6 is 0 Å². The van der Waals surface area contributed by atoms with E-state index in [1.807, 2.05) is 0 Å². The van der Waals surface area contributed by atoms with Gasteiger partial charge in [-0.3, -0.25) is 0 Å². The summed E-state index contributed by atoms with van der Waals surface area (Å²) in [5, 5.41) is 0. The number of hydrogen-bond acceptors (Lipinski definition) is 0. The van der Waals surface area contributed by atoms with Crippen molar-refractivity contribution in [2.75, 3.05) is 0 Å². The van der Waals surface area contributed by atoms with Gasteiger partial charge in [0.25, 0.3) is 0 Å². The molecule has 0 bridgehead atoms. The summed E-state index contributed by atoms with van der Waals surface area (Å²) in [6, 6.07) is 8.94. The van der Waals surface area contributed by atoms with Crippen LogP contribution in [0.2, 0.25) is 0 Å². The lowest BCUT2D eigenvalue weighted by Gasteiger charge is -2.18. The highest BCUT2D eigenvalue weighted by Gasteiger charge is 2.18. The van der Waals surface area contributed by atoms with Gasteiger partial charge in [-0.05, 0) is 37.2 Å². The van der Waals surface area contributed by atoms with Crippen LogP contribution in [-0.2, 0) is 6.42 Å². The Hall–Kier alpha value is -1.04. The Balaban J connectivity index is 1.84. The van der Waals surface area contributed by atoms with Crippen molar-refractivity contribution in [3.63, 3.8) is 0 Å². The highest BCUT2D eigenvalue weighted by atomic mass is 14.2. The van der Waals surface area contributed by atoms with Gasteiger partial charge < -0.3 is 0 Å². The van der Waals surface area contributed by atoms with Crippen molar-refractivity contribution < 1.29 is 0 Å². The molecule has 1 aliphatic rings. The second kappa shape index (κ2) is 6.22. The van der Waals surface area contributed by atoms with E-state index in [1.54, 1.807) is 0 Å². The van der Waals surface area contributed by atoms with Crippen molar-refractivity contribution in [1.29, 1.82) is 0 Å². The zero-order chi connectivity index (χ0) is 13.0. The topological polar surface area (TPSA) is 0 Å². The summed E-state index contributed by atoms with van der Waals surface area (Å²) in [7, 11) is 0. The third-order valence-corrected chi connectivity index (χ3v) is 4.39. The minimum absolute atomic E-state index is 0.619. The second-order valence-electron chi connectivity index (χ2n) is 6.10. The van der Waals surface area contributed by atoms with Crippen LogP contribution in [0.3, 0.4) is 0 Å². The third kappa shape index (κ3) is 3.73. The van der Waals surface area contributed by atoms with Crippen molar-refractivity contribution in [3.8, 4) is 0 Å². The molecule has 2 rings (SSSR count). The molecule has 0 spiro atoms. The largest absolute Gasteiger partial charge is 0.0996 e. The van der Waals surface area contributed by atoms with Crippen LogP contribution in [0, 0.1) is 18.8 Å². The summed E-state index contributed by atoms with van der Waals surface area (Å²) in [5.74, 6) is 1.55. The van der Waals surface area contributed by atoms with Gasteiger partial charge in [-0.25, -0.2) is 0 Å². The average Bonchev–Trinajstić information content (AvgIpc) is 2.85. The average molecular weight is 242 g/mol. The van der Waals surface area contributed by atoms with Crippen molar-refractivity contribution in [3.05, 3.63) is 47.5 Å². The quantitative estimate of drug-likeness (QED) is 0.614. The van der Waals surface area contributed by atoms with Gasteiger partial charge >= 0.3 is 0 Å². The second-order valence-corrected chi connectivity index (χ2v) is 6.10. The molecule has 0 heteroatoms. The van der Waals surface area contributed by atoms with Crippen LogP contribution in [0.1, 0.15) is 50.2 Å².